The summed E-state index contributed by atoms with van der Waals surface area (Å²) in [5.74, 6) is -4.54. The Morgan fingerprint density at radius 1 is 0.744 bits per heavy atom. The maximum atomic E-state index is 13.3. The summed E-state index contributed by atoms with van der Waals surface area (Å²) in [5.41, 5.74) is 11.9. The van der Waals surface area contributed by atoms with E-state index in [1.807, 2.05) is 0 Å². The Bertz CT molecular complexity index is 1140. The van der Waals surface area contributed by atoms with E-state index in [0.29, 0.717) is 11.1 Å². The van der Waals surface area contributed by atoms with Crippen LogP contribution in [0.3, 0.4) is 0 Å². The Hall–Kier alpha value is -4.49. The molecule has 2 aromatic rings. The lowest BCUT2D eigenvalue weighted by atomic mass is 10.0. The summed E-state index contributed by atoms with van der Waals surface area (Å²) in [6.45, 7) is -0.688. The fourth-order valence-corrected chi connectivity index (χ4v) is 3.59. The molecule has 4 unspecified atom stereocenters. The first-order valence-corrected chi connectivity index (χ1v) is 12.1. The number of aliphatic hydroxyl groups is 1. The molecule has 0 fully saturated rings. The van der Waals surface area contributed by atoms with Crippen LogP contribution in [0, 0.1) is 0 Å². The first-order valence-electron chi connectivity index (χ1n) is 12.1. The molecule has 0 saturated heterocycles. The molecule has 2 rings (SSSR count). The topological polar surface area (TPSA) is 234 Å². The van der Waals surface area contributed by atoms with Crippen molar-refractivity contribution in [1.29, 1.82) is 0 Å². The van der Waals surface area contributed by atoms with Crippen molar-refractivity contribution in [1.82, 2.24) is 16.0 Å². The Labute approximate surface area is 224 Å². The minimum absolute atomic E-state index is 0.00164. The minimum Gasteiger partial charge on any atom is -0.508 e. The van der Waals surface area contributed by atoms with Gasteiger partial charge in [-0.05, 0) is 29.7 Å². The highest BCUT2D eigenvalue weighted by atomic mass is 16.4. The lowest BCUT2D eigenvalue weighted by Gasteiger charge is -2.25. The van der Waals surface area contributed by atoms with Crippen LogP contribution < -0.4 is 27.4 Å². The highest BCUT2D eigenvalue weighted by Gasteiger charge is 2.30. The predicted molar refractivity (Wildman–Crippen MR) is 139 cm³/mol. The fourth-order valence-electron chi connectivity index (χ4n) is 3.59. The molecule has 4 amide bonds. The molecule has 2 aromatic carbocycles. The first-order chi connectivity index (χ1) is 18.5. The zero-order valence-electron chi connectivity index (χ0n) is 21.1. The van der Waals surface area contributed by atoms with Gasteiger partial charge < -0.3 is 42.7 Å². The van der Waals surface area contributed by atoms with Gasteiger partial charge in [-0.2, -0.15) is 0 Å². The number of carboxylic acid groups (broad SMARTS) is 1. The van der Waals surface area contributed by atoms with Crippen LogP contribution in [-0.2, 0) is 36.8 Å². The number of rotatable bonds is 15. The highest BCUT2D eigenvalue weighted by Crippen LogP contribution is 2.12. The predicted octanol–water partition coefficient (Wildman–Crippen LogP) is -1.70. The smallest absolute Gasteiger partial charge is 0.326 e. The van der Waals surface area contributed by atoms with Gasteiger partial charge in [-0.25, -0.2) is 4.79 Å². The van der Waals surface area contributed by atoms with Gasteiger partial charge in [-0.15, -0.1) is 0 Å². The molecule has 10 N–H and O–H groups in total. The van der Waals surface area contributed by atoms with E-state index in [4.69, 9.17) is 16.6 Å². The summed E-state index contributed by atoms with van der Waals surface area (Å²) in [5, 5.41) is 35.6. The summed E-state index contributed by atoms with van der Waals surface area (Å²) in [6.07, 6.45) is -0.584. The van der Waals surface area contributed by atoms with Crippen LogP contribution in [0.25, 0.3) is 0 Å². The molecular weight excluding hydrogens is 510 g/mol. The van der Waals surface area contributed by atoms with E-state index in [-0.39, 0.29) is 31.4 Å². The number of carboxylic acids is 1. The summed E-state index contributed by atoms with van der Waals surface area (Å²) in [7, 11) is 0. The molecular formula is C26H33N5O8. The molecule has 39 heavy (non-hydrogen) atoms. The van der Waals surface area contributed by atoms with Gasteiger partial charge in [0.15, 0.2) is 0 Å². The van der Waals surface area contributed by atoms with E-state index >= 15 is 0 Å². The third kappa shape index (κ3) is 10.4. The van der Waals surface area contributed by atoms with Crippen LogP contribution in [0.2, 0.25) is 0 Å². The van der Waals surface area contributed by atoms with E-state index in [1.165, 1.54) is 24.3 Å². The second-order valence-corrected chi connectivity index (χ2v) is 8.88. The van der Waals surface area contributed by atoms with Gasteiger partial charge in [0.05, 0.1) is 6.61 Å². The molecule has 0 radical (unpaired) electrons. The molecule has 0 bridgehead atoms. The molecule has 0 aromatic heterocycles. The van der Waals surface area contributed by atoms with Crippen LogP contribution in [0.4, 0.5) is 0 Å². The Kier molecular flexibility index (Phi) is 11.9. The van der Waals surface area contributed by atoms with Crippen LogP contribution in [0.1, 0.15) is 24.0 Å². The fraction of sp³-hybridized carbons (Fsp3) is 0.346. The summed E-state index contributed by atoms with van der Waals surface area (Å²) in [4.78, 5) is 61.8. The number of carbonyl (C=O) groups excluding carboxylic acids is 4. The third-order valence-electron chi connectivity index (χ3n) is 5.75. The van der Waals surface area contributed by atoms with Gasteiger partial charge in [0.1, 0.15) is 29.9 Å². The number of phenolic OH excluding ortho intramolecular Hbond substituents is 1. The largest absolute Gasteiger partial charge is 0.508 e. The van der Waals surface area contributed by atoms with Crippen molar-refractivity contribution < 1.29 is 39.3 Å². The number of aromatic hydroxyl groups is 1. The minimum atomic E-state index is -1.36. The zero-order valence-corrected chi connectivity index (χ0v) is 21.1. The zero-order chi connectivity index (χ0) is 28.9. The van der Waals surface area contributed by atoms with Gasteiger partial charge in [0.2, 0.25) is 23.6 Å². The Morgan fingerprint density at radius 2 is 1.26 bits per heavy atom. The quantitative estimate of drug-likeness (QED) is 0.128. The number of hydrogen-bond donors (Lipinski definition) is 8. The molecule has 13 nitrogen and oxygen atoms in total. The molecule has 13 heteroatoms. The van der Waals surface area contributed by atoms with Crippen molar-refractivity contribution in [2.45, 2.75) is 49.9 Å². The van der Waals surface area contributed by atoms with E-state index in [1.54, 1.807) is 30.3 Å². The maximum absolute atomic E-state index is 13.3. The monoisotopic (exact) mass is 543 g/mol. The molecule has 0 saturated carbocycles. The Morgan fingerprint density at radius 3 is 1.82 bits per heavy atom. The van der Waals surface area contributed by atoms with Crippen LogP contribution in [0.5, 0.6) is 5.75 Å². The number of aliphatic hydroxyl groups excluding tert-OH is 1. The van der Waals surface area contributed by atoms with Crippen molar-refractivity contribution in [3.8, 4) is 5.75 Å². The second kappa shape index (κ2) is 15.1. The first kappa shape index (κ1) is 30.7. The number of nitrogens with two attached hydrogens (primary N) is 2. The number of amides is 4. The van der Waals surface area contributed by atoms with Crippen molar-refractivity contribution >= 4 is 29.6 Å². The molecule has 0 aliphatic rings. The maximum Gasteiger partial charge on any atom is 0.326 e. The van der Waals surface area contributed by atoms with Crippen molar-refractivity contribution in [2.24, 2.45) is 11.5 Å². The normalized spacial score (nSPS) is 13.8. The van der Waals surface area contributed by atoms with Gasteiger partial charge >= 0.3 is 5.97 Å². The van der Waals surface area contributed by atoms with Crippen molar-refractivity contribution in [2.75, 3.05) is 6.61 Å². The van der Waals surface area contributed by atoms with Crippen LogP contribution >= 0.6 is 0 Å². The second-order valence-electron chi connectivity index (χ2n) is 8.88. The van der Waals surface area contributed by atoms with Crippen molar-refractivity contribution in [3.63, 3.8) is 0 Å². The third-order valence-corrected chi connectivity index (χ3v) is 5.75. The summed E-state index contributed by atoms with van der Waals surface area (Å²) >= 11 is 0. The molecule has 0 spiro atoms. The average Bonchev–Trinajstić information content (AvgIpc) is 2.91. The lowest BCUT2D eigenvalue weighted by molar-refractivity contribution is -0.142. The number of primary amides is 1. The van der Waals surface area contributed by atoms with Gasteiger partial charge in [0.25, 0.3) is 0 Å². The van der Waals surface area contributed by atoms with E-state index < -0.39 is 60.4 Å². The van der Waals surface area contributed by atoms with Gasteiger partial charge in [-0.3, -0.25) is 19.2 Å². The Balaban J connectivity index is 2.26. The lowest BCUT2D eigenvalue weighted by Crippen LogP contribution is -2.58. The number of carbonyl (C=O) groups is 5. The number of hydrogen-bond acceptors (Lipinski definition) is 8. The number of aliphatic carboxylic acids is 1. The summed E-state index contributed by atoms with van der Waals surface area (Å²) < 4.78 is 0. The number of nitrogens with one attached hydrogen (secondary N) is 3. The number of phenols is 1. The standard InChI is InChI=1S/C26H33N5O8/c27-18(14-32)23(35)29-19(10-11-22(28)34)24(36)30-20(12-15-4-2-1-3-5-15)25(37)31-21(26(38)39)13-16-6-8-17(33)9-7-16/h1-9,18-21,32-33H,10-14,27H2,(H2,28,34)(H,29,35)(H,30,36)(H,31,37)(H,38,39). The van der Waals surface area contributed by atoms with Crippen molar-refractivity contribution in [3.05, 3.63) is 65.7 Å². The molecule has 0 aliphatic heterocycles. The number of benzene rings is 2. The van der Waals surface area contributed by atoms with E-state index in [0.717, 1.165) is 0 Å². The molecule has 210 valence electrons. The molecule has 0 aliphatic carbocycles. The SMILES string of the molecule is NC(=O)CCC(NC(=O)C(N)CO)C(=O)NC(Cc1ccccc1)C(=O)NC(Cc1ccc(O)cc1)C(=O)O. The summed E-state index contributed by atoms with van der Waals surface area (Å²) in [6, 6.07) is 9.18. The van der Waals surface area contributed by atoms with E-state index in [2.05, 4.69) is 16.0 Å². The van der Waals surface area contributed by atoms with Gasteiger partial charge in [0, 0.05) is 19.3 Å². The molecule has 4 atom stereocenters. The van der Waals surface area contributed by atoms with Gasteiger partial charge in [-0.1, -0.05) is 42.5 Å². The van der Waals surface area contributed by atoms with E-state index in [9.17, 15) is 34.2 Å². The average molecular weight is 544 g/mol. The van der Waals surface area contributed by atoms with Crippen LogP contribution in [-0.4, -0.2) is 75.7 Å². The molecule has 0 heterocycles. The van der Waals surface area contributed by atoms with Crippen LogP contribution in [0.15, 0.2) is 54.6 Å². The highest BCUT2D eigenvalue weighted by molar-refractivity contribution is 5.94.